The van der Waals surface area contributed by atoms with Gasteiger partial charge in [-0.3, -0.25) is 4.79 Å². The van der Waals surface area contributed by atoms with Crippen LogP contribution in [0.15, 0.2) is 36.5 Å². The van der Waals surface area contributed by atoms with E-state index in [2.05, 4.69) is 15.4 Å². The first-order valence-corrected chi connectivity index (χ1v) is 8.97. The first-order chi connectivity index (χ1) is 12.8. The number of rotatable bonds is 5. The lowest BCUT2D eigenvalue weighted by atomic mass is 10.1. The van der Waals surface area contributed by atoms with Crippen molar-refractivity contribution in [3.63, 3.8) is 0 Å². The number of hydrogen-bond acceptors (Lipinski definition) is 4. The average Bonchev–Trinajstić information content (AvgIpc) is 2.96. The third-order valence-corrected chi connectivity index (χ3v) is 4.42. The minimum atomic E-state index is -0.320. The summed E-state index contributed by atoms with van der Waals surface area (Å²) in [4.78, 5) is 16.5. The Morgan fingerprint density at radius 1 is 1.15 bits per heavy atom. The summed E-state index contributed by atoms with van der Waals surface area (Å²) in [6, 6.07) is 8.97. The molecule has 0 saturated heterocycles. The Bertz CT molecular complexity index is 1000. The third kappa shape index (κ3) is 4.59. The molecule has 1 aromatic carbocycles. The fourth-order valence-corrected chi connectivity index (χ4v) is 2.90. The van der Waals surface area contributed by atoms with E-state index in [-0.39, 0.29) is 12.5 Å². The van der Waals surface area contributed by atoms with Crippen molar-refractivity contribution >= 4 is 34.9 Å². The van der Waals surface area contributed by atoms with Gasteiger partial charge in [-0.1, -0.05) is 29.3 Å². The lowest BCUT2D eigenvalue weighted by Gasteiger charge is -2.11. The largest absolute Gasteiger partial charge is 0.484 e. The van der Waals surface area contributed by atoms with Crippen molar-refractivity contribution in [3.05, 3.63) is 63.4 Å². The molecule has 0 spiro atoms. The summed E-state index contributed by atoms with van der Waals surface area (Å²) in [6.45, 7) is 5.69. The molecule has 1 N–H and O–H groups in total. The molecule has 27 heavy (non-hydrogen) atoms. The Labute approximate surface area is 167 Å². The van der Waals surface area contributed by atoms with Gasteiger partial charge in [-0.2, -0.15) is 9.78 Å². The molecular formula is C19H18Cl2N4O2. The van der Waals surface area contributed by atoms with Crippen LogP contribution in [0, 0.1) is 20.8 Å². The topological polar surface area (TPSA) is 69.0 Å². The van der Waals surface area contributed by atoms with Gasteiger partial charge in [0.25, 0.3) is 5.91 Å². The van der Waals surface area contributed by atoms with Crippen LogP contribution in [-0.2, 0) is 4.79 Å². The van der Waals surface area contributed by atoms with Gasteiger partial charge in [-0.15, -0.1) is 0 Å². The smallest absolute Gasteiger partial charge is 0.263 e. The van der Waals surface area contributed by atoms with Crippen molar-refractivity contribution in [3.8, 4) is 11.6 Å². The summed E-state index contributed by atoms with van der Waals surface area (Å²) in [5.74, 6) is 1.14. The van der Waals surface area contributed by atoms with E-state index in [1.165, 1.54) is 16.4 Å². The van der Waals surface area contributed by atoms with E-state index in [4.69, 9.17) is 27.9 Å². The molecule has 3 rings (SSSR count). The van der Waals surface area contributed by atoms with Gasteiger partial charge in [0.15, 0.2) is 12.4 Å². The molecule has 0 aliphatic rings. The fraction of sp³-hybridized carbons (Fsp3) is 0.211. The number of aryl methyl sites for hydroxylation is 3. The second-order valence-electron chi connectivity index (χ2n) is 6.12. The molecule has 8 heteroatoms. The van der Waals surface area contributed by atoms with Gasteiger partial charge in [0.05, 0.1) is 15.7 Å². The summed E-state index contributed by atoms with van der Waals surface area (Å²) >= 11 is 12.1. The maximum Gasteiger partial charge on any atom is 0.263 e. The van der Waals surface area contributed by atoms with Gasteiger partial charge in [0.1, 0.15) is 11.6 Å². The number of pyridine rings is 1. The number of anilines is 1. The van der Waals surface area contributed by atoms with Crippen molar-refractivity contribution in [2.45, 2.75) is 20.8 Å². The molecule has 140 valence electrons. The molecule has 0 saturated carbocycles. The Balaban J connectivity index is 1.73. The normalized spacial score (nSPS) is 10.7. The van der Waals surface area contributed by atoms with Crippen LogP contribution in [0.4, 0.5) is 5.82 Å². The molecule has 0 radical (unpaired) electrons. The first kappa shape index (κ1) is 19.2. The Kier molecular flexibility index (Phi) is 5.68. The van der Waals surface area contributed by atoms with Gasteiger partial charge in [0, 0.05) is 12.3 Å². The molecule has 0 fully saturated rings. The van der Waals surface area contributed by atoms with E-state index in [1.807, 2.05) is 39.0 Å². The highest BCUT2D eigenvalue weighted by molar-refractivity contribution is 6.35. The zero-order chi connectivity index (χ0) is 19.6. The van der Waals surface area contributed by atoms with Gasteiger partial charge in [-0.05, 0) is 50.1 Å². The molecule has 6 nitrogen and oxygen atoms in total. The van der Waals surface area contributed by atoms with E-state index in [0.29, 0.717) is 33.1 Å². The fourth-order valence-electron chi connectivity index (χ4n) is 2.44. The number of ether oxygens (including phenoxy) is 1. The summed E-state index contributed by atoms with van der Waals surface area (Å²) in [6.07, 6.45) is 1.47. The molecule has 0 aliphatic carbocycles. The van der Waals surface area contributed by atoms with Crippen molar-refractivity contribution in [1.82, 2.24) is 14.8 Å². The Morgan fingerprint density at radius 2 is 1.93 bits per heavy atom. The minimum absolute atomic E-state index is 0.130. The second kappa shape index (κ2) is 7.98. The summed E-state index contributed by atoms with van der Waals surface area (Å²) < 4.78 is 7.03. The monoisotopic (exact) mass is 404 g/mol. The molecule has 2 heterocycles. The molecule has 0 bridgehead atoms. The van der Waals surface area contributed by atoms with E-state index >= 15 is 0 Å². The molecule has 0 atom stereocenters. The number of nitrogens with zero attached hydrogens (tertiary/aromatic N) is 3. The summed E-state index contributed by atoms with van der Waals surface area (Å²) in [5, 5.41) is 7.85. The van der Waals surface area contributed by atoms with E-state index in [9.17, 15) is 4.79 Å². The number of hydrogen-bond donors (Lipinski definition) is 1. The van der Waals surface area contributed by atoms with Crippen molar-refractivity contribution < 1.29 is 9.53 Å². The number of carbonyl (C=O) groups is 1. The number of aromatic nitrogens is 3. The standard InChI is InChI=1S/C19H18Cl2N4O2/c1-11-4-5-15(6-12(11)2)27-10-18(26)23-17-7-13(3)24-25(17)19-16(21)8-14(20)9-22-19/h4-9H,10H2,1-3H3,(H,23,26). The van der Waals surface area contributed by atoms with E-state index < -0.39 is 0 Å². The van der Waals surface area contributed by atoms with Crippen molar-refractivity contribution in [2.75, 3.05) is 11.9 Å². The van der Waals surface area contributed by atoms with Crippen LogP contribution >= 0.6 is 23.2 Å². The quantitative estimate of drug-likeness (QED) is 0.678. The molecule has 0 aliphatic heterocycles. The predicted molar refractivity (Wildman–Crippen MR) is 106 cm³/mol. The SMILES string of the molecule is Cc1cc(NC(=O)COc2ccc(C)c(C)c2)n(-c2ncc(Cl)cc2Cl)n1. The predicted octanol–water partition coefficient (Wildman–Crippen LogP) is 4.52. The summed E-state index contributed by atoms with van der Waals surface area (Å²) in [7, 11) is 0. The zero-order valence-corrected chi connectivity index (χ0v) is 16.6. The summed E-state index contributed by atoms with van der Waals surface area (Å²) in [5.41, 5.74) is 2.97. The van der Waals surface area contributed by atoms with Gasteiger partial charge in [-0.25, -0.2) is 4.98 Å². The highest BCUT2D eigenvalue weighted by atomic mass is 35.5. The number of benzene rings is 1. The molecule has 2 aromatic heterocycles. The zero-order valence-electron chi connectivity index (χ0n) is 15.1. The molecular weight excluding hydrogens is 387 g/mol. The third-order valence-electron chi connectivity index (χ3n) is 3.94. The second-order valence-corrected chi connectivity index (χ2v) is 6.97. The van der Waals surface area contributed by atoms with Crippen LogP contribution < -0.4 is 10.1 Å². The van der Waals surface area contributed by atoms with Gasteiger partial charge < -0.3 is 10.1 Å². The maximum absolute atomic E-state index is 12.3. The highest BCUT2D eigenvalue weighted by Gasteiger charge is 2.15. The minimum Gasteiger partial charge on any atom is -0.484 e. The van der Waals surface area contributed by atoms with Crippen molar-refractivity contribution in [1.29, 1.82) is 0 Å². The molecule has 1 amide bonds. The van der Waals surface area contributed by atoms with Crippen LogP contribution in [0.2, 0.25) is 10.0 Å². The highest BCUT2D eigenvalue weighted by Crippen LogP contribution is 2.25. The average molecular weight is 405 g/mol. The van der Waals surface area contributed by atoms with Crippen LogP contribution in [-0.4, -0.2) is 27.3 Å². The maximum atomic E-state index is 12.3. The van der Waals surface area contributed by atoms with Crippen molar-refractivity contribution in [2.24, 2.45) is 0 Å². The van der Waals surface area contributed by atoms with Gasteiger partial charge in [0.2, 0.25) is 0 Å². The molecule has 0 unspecified atom stereocenters. The van der Waals surface area contributed by atoms with Crippen LogP contribution in [0.1, 0.15) is 16.8 Å². The van der Waals surface area contributed by atoms with E-state index in [1.54, 1.807) is 12.1 Å². The van der Waals surface area contributed by atoms with Crippen LogP contribution in [0.3, 0.4) is 0 Å². The molecule has 3 aromatic rings. The van der Waals surface area contributed by atoms with E-state index in [0.717, 1.165) is 5.56 Å². The number of amides is 1. The Hall–Kier alpha value is -2.57. The number of nitrogens with one attached hydrogen (secondary N) is 1. The van der Waals surface area contributed by atoms with Crippen LogP contribution in [0.25, 0.3) is 5.82 Å². The lowest BCUT2D eigenvalue weighted by Crippen LogP contribution is -2.22. The van der Waals surface area contributed by atoms with Crippen LogP contribution in [0.5, 0.6) is 5.75 Å². The van der Waals surface area contributed by atoms with Gasteiger partial charge >= 0.3 is 0 Å². The number of carbonyl (C=O) groups excluding carboxylic acids is 1. The Morgan fingerprint density at radius 3 is 2.63 bits per heavy atom. The lowest BCUT2D eigenvalue weighted by molar-refractivity contribution is -0.118. The number of halogens is 2. The first-order valence-electron chi connectivity index (χ1n) is 8.21.